The van der Waals surface area contributed by atoms with Gasteiger partial charge < -0.3 is 25.2 Å². The number of benzene rings is 2. The van der Waals surface area contributed by atoms with Crippen molar-refractivity contribution in [3.8, 4) is 5.75 Å². The molecule has 2 aromatic heterocycles. The van der Waals surface area contributed by atoms with Gasteiger partial charge in [-0.2, -0.15) is 4.98 Å². The molecule has 0 bridgehead atoms. The van der Waals surface area contributed by atoms with Gasteiger partial charge in [-0.15, -0.1) is 11.8 Å². The second kappa shape index (κ2) is 14.0. The van der Waals surface area contributed by atoms with Gasteiger partial charge in [-0.05, 0) is 75.1 Å². The summed E-state index contributed by atoms with van der Waals surface area (Å²) in [5.41, 5.74) is 6.98. The van der Waals surface area contributed by atoms with Crippen molar-refractivity contribution in [2.75, 3.05) is 75.2 Å². The Bertz CT molecular complexity index is 1730. The van der Waals surface area contributed by atoms with E-state index in [9.17, 15) is 0 Å². The Hall–Kier alpha value is -3.93. The van der Waals surface area contributed by atoms with E-state index in [0.29, 0.717) is 17.8 Å². The number of piperazine rings is 1. The maximum atomic E-state index is 5.99. The van der Waals surface area contributed by atoms with Crippen molar-refractivity contribution in [3.63, 3.8) is 0 Å². The van der Waals surface area contributed by atoms with Gasteiger partial charge in [0.05, 0.1) is 28.9 Å². The minimum atomic E-state index is 0.487. The fourth-order valence-corrected chi connectivity index (χ4v) is 7.59. The summed E-state index contributed by atoms with van der Waals surface area (Å²) in [5, 5.41) is 7.02. The van der Waals surface area contributed by atoms with Crippen molar-refractivity contribution >= 4 is 57.7 Å². The molecule has 2 aromatic carbocycles. The number of piperidine rings is 1. The summed E-state index contributed by atoms with van der Waals surface area (Å²) in [7, 11) is 3.97. The van der Waals surface area contributed by atoms with Crippen LogP contribution in [0.25, 0.3) is 17.1 Å². The monoisotopic (exact) mass is 651 g/mol. The first kappa shape index (κ1) is 31.7. The van der Waals surface area contributed by atoms with Crippen molar-refractivity contribution in [3.05, 3.63) is 60.6 Å². The van der Waals surface area contributed by atoms with Crippen LogP contribution in [0.1, 0.15) is 36.8 Å². The molecule has 2 N–H and O–H groups in total. The topological polar surface area (TPSA) is 94.6 Å². The normalized spacial score (nSPS) is 18.0. The quantitative estimate of drug-likeness (QED) is 0.175. The number of rotatable bonds is 11. The summed E-state index contributed by atoms with van der Waals surface area (Å²) in [6, 6.07) is 9.17. The van der Waals surface area contributed by atoms with Gasteiger partial charge in [-0.1, -0.05) is 12.7 Å². The first-order chi connectivity index (χ1) is 23.0. The smallest absolute Gasteiger partial charge is 0.229 e. The molecule has 4 aromatic rings. The average Bonchev–Trinajstić information content (AvgIpc) is 3.93. The number of fused-ring (bicyclic) bond motifs is 1. The van der Waals surface area contributed by atoms with Crippen molar-refractivity contribution in [2.45, 2.75) is 43.0 Å². The first-order valence-corrected chi connectivity index (χ1v) is 17.9. The van der Waals surface area contributed by atoms with Gasteiger partial charge in [-0.25, -0.2) is 4.98 Å². The van der Waals surface area contributed by atoms with E-state index in [-0.39, 0.29) is 0 Å². The Balaban J connectivity index is 1.13. The number of likely N-dealkylation sites (N-methyl/N-ethyl adjacent to an activating group) is 1. The summed E-state index contributed by atoms with van der Waals surface area (Å²) in [4.78, 5) is 27.4. The van der Waals surface area contributed by atoms with E-state index in [0.717, 1.165) is 64.0 Å². The van der Waals surface area contributed by atoms with Crippen molar-refractivity contribution in [1.29, 1.82) is 0 Å². The maximum Gasteiger partial charge on any atom is 0.229 e. The molecule has 1 aliphatic carbocycles. The highest BCUT2D eigenvalue weighted by atomic mass is 32.2. The Morgan fingerprint density at radius 2 is 1.74 bits per heavy atom. The van der Waals surface area contributed by atoms with E-state index < -0.39 is 0 Å². The lowest BCUT2D eigenvalue weighted by molar-refractivity contribution is 0.0982. The summed E-state index contributed by atoms with van der Waals surface area (Å²) >= 11 is 1.63. The van der Waals surface area contributed by atoms with Gasteiger partial charge in [0, 0.05) is 81.2 Å². The summed E-state index contributed by atoms with van der Waals surface area (Å²) in [6.45, 7) is 10.9. The Morgan fingerprint density at radius 3 is 2.47 bits per heavy atom. The number of anilines is 5. The molecule has 7 rings (SSSR count). The van der Waals surface area contributed by atoms with Crippen LogP contribution in [0.5, 0.6) is 5.75 Å². The molecular weight excluding hydrogens is 607 g/mol. The average molecular weight is 652 g/mol. The zero-order valence-corrected chi connectivity index (χ0v) is 28.5. The van der Waals surface area contributed by atoms with Gasteiger partial charge >= 0.3 is 0 Å². The SMILES string of the molecule is C=Cc1cnc(Nc2cc(CC3CC3)c(N3CCC(N4CCN(C)CC4)CC3)cc2OC)nc1Nc1ccc2nccnc2c1SC. The summed E-state index contributed by atoms with van der Waals surface area (Å²) in [6.07, 6.45) is 15.1. The molecule has 11 heteroatoms. The second-order valence-corrected chi connectivity index (χ2v) is 13.7. The first-order valence-electron chi connectivity index (χ1n) is 16.7. The van der Waals surface area contributed by atoms with E-state index in [1.54, 1.807) is 43.5 Å². The Kier molecular flexibility index (Phi) is 9.46. The molecular formula is C36H45N9OS. The lowest BCUT2D eigenvalue weighted by Gasteiger charge is -2.43. The number of methoxy groups -OCH3 is 1. The molecule has 1 saturated carbocycles. The molecule has 3 aliphatic rings. The van der Waals surface area contributed by atoms with E-state index in [1.165, 1.54) is 63.1 Å². The van der Waals surface area contributed by atoms with Crippen LogP contribution >= 0.6 is 11.8 Å². The molecule has 2 aliphatic heterocycles. The lowest BCUT2D eigenvalue weighted by Crippen LogP contribution is -2.52. The molecule has 0 amide bonds. The largest absolute Gasteiger partial charge is 0.494 e. The number of aromatic nitrogens is 4. The zero-order valence-electron chi connectivity index (χ0n) is 27.7. The third kappa shape index (κ3) is 7.02. The summed E-state index contributed by atoms with van der Waals surface area (Å²) < 4.78 is 5.99. The number of hydrogen-bond donors (Lipinski definition) is 2. The van der Waals surface area contributed by atoms with Gasteiger partial charge in [0.1, 0.15) is 17.1 Å². The van der Waals surface area contributed by atoms with Crippen LogP contribution in [0.2, 0.25) is 0 Å². The highest BCUT2D eigenvalue weighted by Gasteiger charge is 2.30. The standard InChI is InChI=1S/C36H45N9OS/c1-5-25-23-39-36(42-35(25)40-29-9-8-28-33(34(29)47-4)38-13-12-37-28)41-30-21-26(20-24-6-7-24)31(22-32(30)46-3)45-14-10-27(11-15-45)44-18-16-43(2)17-19-44/h5,8-9,12-13,21-24,27H,1,6-7,10-11,14-20H2,2-4H3,(H2,39,40,41,42). The molecule has 0 spiro atoms. The highest BCUT2D eigenvalue weighted by Crippen LogP contribution is 2.41. The minimum Gasteiger partial charge on any atom is -0.494 e. The van der Waals surface area contributed by atoms with Crippen LogP contribution in [0.4, 0.5) is 28.8 Å². The van der Waals surface area contributed by atoms with E-state index in [1.807, 2.05) is 18.4 Å². The predicted molar refractivity (Wildman–Crippen MR) is 194 cm³/mol. The van der Waals surface area contributed by atoms with E-state index in [2.05, 4.69) is 66.0 Å². The van der Waals surface area contributed by atoms with Gasteiger partial charge in [0.25, 0.3) is 0 Å². The van der Waals surface area contributed by atoms with E-state index >= 15 is 0 Å². The third-order valence-corrected chi connectivity index (χ3v) is 10.6. The molecule has 246 valence electrons. The molecule has 4 heterocycles. The maximum absolute atomic E-state index is 5.99. The van der Waals surface area contributed by atoms with Gasteiger partial charge in [-0.3, -0.25) is 14.9 Å². The molecule has 47 heavy (non-hydrogen) atoms. The van der Waals surface area contributed by atoms with Crippen LogP contribution in [-0.2, 0) is 6.42 Å². The van der Waals surface area contributed by atoms with Crippen LogP contribution in [-0.4, -0.2) is 95.5 Å². The number of hydrogen-bond acceptors (Lipinski definition) is 11. The van der Waals surface area contributed by atoms with Crippen LogP contribution < -0.4 is 20.3 Å². The van der Waals surface area contributed by atoms with Crippen molar-refractivity contribution < 1.29 is 4.74 Å². The fraction of sp³-hybridized carbons (Fsp3) is 0.444. The van der Waals surface area contributed by atoms with Crippen molar-refractivity contribution in [2.24, 2.45) is 5.92 Å². The molecule has 2 saturated heterocycles. The fourth-order valence-electron chi connectivity index (χ4n) is 6.90. The zero-order chi connectivity index (χ0) is 32.3. The predicted octanol–water partition coefficient (Wildman–Crippen LogP) is 6.45. The number of nitrogens with zero attached hydrogens (tertiary/aromatic N) is 7. The van der Waals surface area contributed by atoms with Gasteiger partial charge in [0.2, 0.25) is 5.95 Å². The molecule has 0 unspecified atom stereocenters. The minimum absolute atomic E-state index is 0.487. The lowest BCUT2D eigenvalue weighted by atomic mass is 9.98. The van der Waals surface area contributed by atoms with Crippen molar-refractivity contribution in [1.82, 2.24) is 29.7 Å². The Labute approximate surface area is 282 Å². The molecule has 0 atom stereocenters. The molecule has 0 radical (unpaired) electrons. The number of thioether (sulfide) groups is 1. The number of ether oxygens (including phenoxy) is 1. The number of nitrogens with one attached hydrogen (secondary N) is 2. The summed E-state index contributed by atoms with van der Waals surface area (Å²) in [5.74, 6) is 2.70. The molecule has 10 nitrogen and oxygen atoms in total. The second-order valence-electron chi connectivity index (χ2n) is 12.9. The highest BCUT2D eigenvalue weighted by molar-refractivity contribution is 7.99. The Morgan fingerprint density at radius 1 is 0.957 bits per heavy atom. The van der Waals surface area contributed by atoms with Crippen LogP contribution in [0.15, 0.2) is 54.3 Å². The van der Waals surface area contributed by atoms with Crippen LogP contribution in [0.3, 0.4) is 0 Å². The third-order valence-electron chi connectivity index (χ3n) is 9.80. The van der Waals surface area contributed by atoms with E-state index in [4.69, 9.17) is 9.72 Å². The van der Waals surface area contributed by atoms with Crippen LogP contribution in [0, 0.1) is 5.92 Å². The molecule has 3 fully saturated rings. The van der Waals surface area contributed by atoms with Gasteiger partial charge in [0.15, 0.2) is 0 Å².